The SMILES string of the molecule is NS(=O)(=O)c1ccc(N2C(=O)C(=O)/C(=C(\O)c3cccc4ccccc34)C2c2cccs2)cc1. The highest BCUT2D eigenvalue weighted by molar-refractivity contribution is 7.89. The Kier molecular flexibility index (Phi) is 5.32. The van der Waals surface area contributed by atoms with Crippen molar-refractivity contribution in [1.82, 2.24) is 0 Å². The van der Waals surface area contributed by atoms with Gasteiger partial charge in [-0.3, -0.25) is 14.5 Å². The van der Waals surface area contributed by atoms with Gasteiger partial charge in [0.2, 0.25) is 10.0 Å². The Bertz CT molecular complexity index is 1570. The minimum absolute atomic E-state index is 0.0284. The summed E-state index contributed by atoms with van der Waals surface area (Å²) in [5, 5.41) is 20.0. The molecule has 0 bridgehead atoms. The molecule has 1 aromatic heterocycles. The molecule has 1 aliphatic rings. The molecule has 0 radical (unpaired) electrons. The lowest BCUT2D eigenvalue weighted by molar-refractivity contribution is -0.132. The van der Waals surface area contributed by atoms with E-state index in [9.17, 15) is 23.1 Å². The van der Waals surface area contributed by atoms with Crippen molar-refractivity contribution in [2.45, 2.75) is 10.9 Å². The van der Waals surface area contributed by atoms with Crippen molar-refractivity contribution in [2.75, 3.05) is 4.90 Å². The molecule has 34 heavy (non-hydrogen) atoms. The molecule has 7 nitrogen and oxygen atoms in total. The van der Waals surface area contributed by atoms with Gasteiger partial charge in [0.15, 0.2) is 0 Å². The first-order valence-corrected chi connectivity index (χ1v) is 12.7. The number of aliphatic hydroxyl groups is 1. The van der Waals surface area contributed by atoms with Gasteiger partial charge in [-0.1, -0.05) is 48.5 Å². The molecule has 1 unspecified atom stereocenters. The third kappa shape index (κ3) is 3.60. The highest BCUT2D eigenvalue weighted by Crippen LogP contribution is 2.44. The van der Waals surface area contributed by atoms with Crippen LogP contribution in [0, 0.1) is 0 Å². The lowest BCUT2D eigenvalue weighted by atomic mass is 9.96. The molecule has 1 amide bonds. The van der Waals surface area contributed by atoms with E-state index in [0.29, 0.717) is 16.1 Å². The van der Waals surface area contributed by atoms with E-state index in [4.69, 9.17) is 5.14 Å². The molecular formula is C25H18N2O5S2. The van der Waals surface area contributed by atoms with Crippen LogP contribution in [0.3, 0.4) is 0 Å². The van der Waals surface area contributed by atoms with E-state index < -0.39 is 27.8 Å². The van der Waals surface area contributed by atoms with Crippen molar-refractivity contribution in [2.24, 2.45) is 5.14 Å². The van der Waals surface area contributed by atoms with Crippen molar-refractivity contribution >= 4 is 55.3 Å². The maximum absolute atomic E-state index is 13.3. The Morgan fingerprint density at radius 3 is 2.29 bits per heavy atom. The van der Waals surface area contributed by atoms with Crippen LogP contribution >= 0.6 is 11.3 Å². The van der Waals surface area contributed by atoms with E-state index in [-0.39, 0.29) is 16.2 Å². The summed E-state index contributed by atoms with van der Waals surface area (Å²) >= 11 is 1.34. The van der Waals surface area contributed by atoms with E-state index in [1.165, 1.54) is 40.5 Å². The fraction of sp³-hybridized carbons (Fsp3) is 0.0400. The first-order valence-electron chi connectivity index (χ1n) is 10.2. The number of aliphatic hydroxyl groups excluding tert-OH is 1. The number of benzene rings is 3. The molecule has 170 valence electrons. The topological polar surface area (TPSA) is 118 Å². The molecule has 1 fully saturated rings. The average molecular weight is 491 g/mol. The summed E-state index contributed by atoms with van der Waals surface area (Å²) in [6.07, 6.45) is 0. The predicted octanol–water partition coefficient (Wildman–Crippen LogP) is 4.18. The number of nitrogens with zero attached hydrogens (tertiary/aromatic N) is 1. The Hall–Kier alpha value is -3.79. The van der Waals surface area contributed by atoms with E-state index >= 15 is 0 Å². The molecule has 9 heteroatoms. The van der Waals surface area contributed by atoms with Crippen LogP contribution in [0.25, 0.3) is 16.5 Å². The van der Waals surface area contributed by atoms with Crippen LogP contribution in [-0.2, 0) is 19.6 Å². The summed E-state index contributed by atoms with van der Waals surface area (Å²) in [5.74, 6) is -1.90. The number of sulfonamides is 1. The van der Waals surface area contributed by atoms with Crippen LogP contribution in [0.4, 0.5) is 5.69 Å². The third-order valence-electron chi connectivity index (χ3n) is 5.75. The monoisotopic (exact) mass is 490 g/mol. The number of thiophene rings is 1. The Morgan fingerprint density at radius 1 is 0.912 bits per heavy atom. The molecule has 2 heterocycles. The number of Topliss-reactive ketones (excluding diaryl/α,β-unsaturated/α-hetero) is 1. The van der Waals surface area contributed by atoms with E-state index in [2.05, 4.69) is 0 Å². The molecule has 0 aliphatic carbocycles. The Morgan fingerprint density at radius 2 is 1.62 bits per heavy atom. The van der Waals surface area contributed by atoms with Gasteiger partial charge in [0.1, 0.15) is 11.8 Å². The van der Waals surface area contributed by atoms with Crippen molar-refractivity contribution in [3.63, 3.8) is 0 Å². The normalized spacial score (nSPS) is 18.0. The van der Waals surface area contributed by atoms with Crippen LogP contribution in [0.1, 0.15) is 16.5 Å². The molecule has 0 saturated carbocycles. The number of fused-ring (bicyclic) bond motifs is 1. The number of anilines is 1. The number of hydrogen-bond acceptors (Lipinski definition) is 6. The molecule has 1 saturated heterocycles. The zero-order valence-corrected chi connectivity index (χ0v) is 19.2. The number of primary sulfonamides is 1. The van der Waals surface area contributed by atoms with Crippen LogP contribution in [0.5, 0.6) is 0 Å². The minimum atomic E-state index is -3.92. The lowest BCUT2D eigenvalue weighted by Crippen LogP contribution is -2.29. The summed E-state index contributed by atoms with van der Waals surface area (Å²) < 4.78 is 23.3. The first-order chi connectivity index (χ1) is 16.3. The third-order valence-corrected chi connectivity index (χ3v) is 7.60. The molecule has 3 aromatic carbocycles. The van der Waals surface area contributed by atoms with Gasteiger partial charge in [-0.25, -0.2) is 13.6 Å². The maximum Gasteiger partial charge on any atom is 0.300 e. The second-order valence-corrected chi connectivity index (χ2v) is 10.3. The number of amides is 1. The standard InChI is InChI=1S/C25H18N2O5S2/c26-34(31,32)17-12-10-16(11-13-17)27-22(20-9-4-14-33-20)21(24(29)25(27)30)23(28)19-8-3-6-15-5-1-2-7-18(15)19/h1-14,22,28H,(H2,26,31,32)/b23-21-. The van der Waals surface area contributed by atoms with Gasteiger partial charge in [-0.2, -0.15) is 0 Å². The summed E-state index contributed by atoms with van der Waals surface area (Å²) in [4.78, 5) is 28.3. The summed E-state index contributed by atoms with van der Waals surface area (Å²) in [5.41, 5.74) is 0.728. The van der Waals surface area contributed by atoms with Crippen LogP contribution < -0.4 is 10.0 Å². The van der Waals surface area contributed by atoms with Crippen LogP contribution in [0.15, 0.2) is 94.7 Å². The lowest BCUT2D eigenvalue weighted by Gasteiger charge is -2.24. The van der Waals surface area contributed by atoms with Gasteiger partial charge in [-0.15, -0.1) is 11.3 Å². The van der Waals surface area contributed by atoms with E-state index in [1.807, 2.05) is 35.7 Å². The summed E-state index contributed by atoms with van der Waals surface area (Å²) in [6.45, 7) is 0. The van der Waals surface area contributed by atoms with Crippen LogP contribution in [-0.4, -0.2) is 25.2 Å². The Balaban J connectivity index is 1.72. The average Bonchev–Trinajstić information content (AvgIpc) is 3.45. The van der Waals surface area contributed by atoms with E-state index in [1.54, 1.807) is 24.3 Å². The number of hydrogen-bond donors (Lipinski definition) is 2. The second-order valence-electron chi connectivity index (χ2n) is 7.75. The highest BCUT2D eigenvalue weighted by atomic mass is 32.2. The number of carbonyl (C=O) groups excluding carboxylic acids is 2. The molecular weight excluding hydrogens is 472 g/mol. The number of ketones is 1. The van der Waals surface area contributed by atoms with Gasteiger partial charge < -0.3 is 5.11 Å². The van der Waals surface area contributed by atoms with Crippen molar-refractivity contribution in [3.05, 3.63) is 100 Å². The smallest absolute Gasteiger partial charge is 0.300 e. The number of carbonyl (C=O) groups is 2. The van der Waals surface area contributed by atoms with Crippen molar-refractivity contribution < 1.29 is 23.1 Å². The molecule has 3 N–H and O–H groups in total. The van der Waals surface area contributed by atoms with Gasteiger partial charge in [-0.05, 0) is 46.5 Å². The summed E-state index contributed by atoms with van der Waals surface area (Å²) in [7, 11) is -3.92. The van der Waals surface area contributed by atoms with Crippen molar-refractivity contribution in [1.29, 1.82) is 0 Å². The zero-order chi connectivity index (χ0) is 24.0. The summed E-state index contributed by atoms with van der Waals surface area (Å²) in [6, 6.07) is 20.9. The minimum Gasteiger partial charge on any atom is -0.507 e. The number of rotatable bonds is 4. The second kappa shape index (κ2) is 8.21. The van der Waals surface area contributed by atoms with Gasteiger partial charge in [0.25, 0.3) is 11.7 Å². The van der Waals surface area contributed by atoms with E-state index in [0.717, 1.165) is 10.8 Å². The van der Waals surface area contributed by atoms with Crippen LogP contribution in [0.2, 0.25) is 0 Å². The Labute approximate surface area is 199 Å². The first kappa shape index (κ1) is 22.0. The molecule has 1 aliphatic heterocycles. The van der Waals surface area contributed by atoms with Crippen molar-refractivity contribution in [3.8, 4) is 0 Å². The van der Waals surface area contributed by atoms with Gasteiger partial charge in [0.05, 0.1) is 10.5 Å². The van der Waals surface area contributed by atoms with Gasteiger partial charge in [0, 0.05) is 16.1 Å². The highest BCUT2D eigenvalue weighted by Gasteiger charge is 2.47. The zero-order valence-electron chi connectivity index (χ0n) is 17.6. The largest absolute Gasteiger partial charge is 0.507 e. The number of nitrogens with two attached hydrogens (primary N) is 1. The molecule has 4 aromatic rings. The molecule has 5 rings (SSSR count). The fourth-order valence-corrected chi connectivity index (χ4v) is 5.53. The predicted molar refractivity (Wildman–Crippen MR) is 131 cm³/mol. The molecule has 0 spiro atoms. The van der Waals surface area contributed by atoms with Gasteiger partial charge >= 0.3 is 0 Å². The quantitative estimate of drug-likeness (QED) is 0.253. The molecule has 1 atom stereocenters. The maximum atomic E-state index is 13.3. The fourth-order valence-electron chi connectivity index (χ4n) is 4.19.